The van der Waals surface area contributed by atoms with Gasteiger partial charge in [0.15, 0.2) is 11.5 Å². The second kappa shape index (κ2) is 8.71. The molecule has 3 aromatic carbocycles. The lowest BCUT2D eigenvalue weighted by molar-refractivity contribution is -0.137. The molecule has 3 aromatic rings. The average Bonchev–Trinajstić information content (AvgIpc) is 3.24. The number of alkyl halides is 3. The minimum Gasteiger partial charge on any atom is -0.454 e. The van der Waals surface area contributed by atoms with Crippen molar-refractivity contribution in [2.24, 2.45) is 0 Å². The van der Waals surface area contributed by atoms with Crippen LogP contribution in [0.3, 0.4) is 0 Å². The van der Waals surface area contributed by atoms with Crippen molar-refractivity contribution in [1.29, 1.82) is 0 Å². The highest BCUT2D eigenvalue weighted by molar-refractivity contribution is 5.76. The minimum atomic E-state index is -4.34. The summed E-state index contributed by atoms with van der Waals surface area (Å²) in [6.45, 7) is 0.601. The molecule has 4 rings (SSSR count). The van der Waals surface area contributed by atoms with E-state index in [-0.39, 0.29) is 12.7 Å². The fourth-order valence-corrected chi connectivity index (χ4v) is 3.31. The van der Waals surface area contributed by atoms with Crippen molar-refractivity contribution in [3.63, 3.8) is 0 Å². The lowest BCUT2D eigenvalue weighted by Gasteiger charge is -2.09. The van der Waals surface area contributed by atoms with Gasteiger partial charge in [-0.2, -0.15) is 13.2 Å². The summed E-state index contributed by atoms with van der Waals surface area (Å²) in [7, 11) is 0. The molecule has 1 amide bonds. The molecule has 0 spiro atoms. The second-order valence-electron chi connectivity index (χ2n) is 7.24. The van der Waals surface area contributed by atoms with Crippen molar-refractivity contribution < 1.29 is 27.4 Å². The molecule has 0 bridgehead atoms. The van der Waals surface area contributed by atoms with Crippen molar-refractivity contribution in [2.45, 2.75) is 25.6 Å². The highest BCUT2D eigenvalue weighted by Crippen LogP contribution is 2.33. The number of benzene rings is 3. The van der Waals surface area contributed by atoms with Crippen LogP contribution in [0.2, 0.25) is 0 Å². The molecule has 31 heavy (non-hydrogen) atoms. The second-order valence-corrected chi connectivity index (χ2v) is 7.24. The van der Waals surface area contributed by atoms with Crippen LogP contribution in [0.5, 0.6) is 11.5 Å². The summed E-state index contributed by atoms with van der Waals surface area (Å²) in [6.07, 6.45) is -3.40. The number of halogens is 3. The molecule has 1 aliphatic heterocycles. The van der Waals surface area contributed by atoms with Crippen LogP contribution in [0.25, 0.3) is 11.1 Å². The summed E-state index contributed by atoms with van der Waals surface area (Å²) in [4.78, 5) is 12.2. The van der Waals surface area contributed by atoms with Gasteiger partial charge >= 0.3 is 6.18 Å². The first-order chi connectivity index (χ1) is 14.9. The van der Waals surface area contributed by atoms with Crippen molar-refractivity contribution in [2.75, 3.05) is 6.79 Å². The van der Waals surface area contributed by atoms with Crippen molar-refractivity contribution in [3.8, 4) is 22.6 Å². The molecule has 1 heterocycles. The zero-order chi connectivity index (χ0) is 21.8. The molecule has 1 aliphatic rings. The SMILES string of the molecule is O=C(CCc1ccc2c(c1)OCO2)NCc1ccc(-c2ccc(C(F)(F)F)cc2)cc1. The van der Waals surface area contributed by atoms with E-state index in [0.717, 1.165) is 28.8 Å². The number of rotatable bonds is 6. The predicted molar refractivity (Wildman–Crippen MR) is 110 cm³/mol. The fraction of sp³-hybridized carbons (Fsp3) is 0.208. The van der Waals surface area contributed by atoms with Crippen LogP contribution in [0.15, 0.2) is 66.7 Å². The van der Waals surface area contributed by atoms with Gasteiger partial charge in [-0.25, -0.2) is 0 Å². The third-order valence-corrected chi connectivity index (χ3v) is 5.07. The molecule has 0 fully saturated rings. The number of carbonyl (C=O) groups excluding carboxylic acids is 1. The van der Waals surface area contributed by atoms with Gasteiger partial charge in [-0.05, 0) is 52.9 Å². The van der Waals surface area contributed by atoms with E-state index in [9.17, 15) is 18.0 Å². The maximum Gasteiger partial charge on any atom is 0.416 e. The number of aryl methyl sites for hydroxylation is 1. The molecule has 160 valence electrons. The van der Waals surface area contributed by atoms with Crippen molar-refractivity contribution in [1.82, 2.24) is 5.32 Å². The Morgan fingerprint density at radius 2 is 1.45 bits per heavy atom. The van der Waals surface area contributed by atoms with Gasteiger partial charge in [0.2, 0.25) is 12.7 Å². The van der Waals surface area contributed by atoms with E-state index >= 15 is 0 Å². The Labute approximate surface area is 177 Å². The standard InChI is InChI=1S/C24H20F3NO3/c25-24(26,27)20-9-7-19(8-10-20)18-5-1-17(2-6-18)14-28-23(29)12-4-16-3-11-21-22(13-16)31-15-30-21/h1-3,5-11,13H,4,12,14-15H2,(H,28,29). The molecule has 0 aliphatic carbocycles. The third-order valence-electron chi connectivity index (χ3n) is 5.07. The van der Waals surface area contributed by atoms with Gasteiger partial charge in [-0.3, -0.25) is 4.79 Å². The first kappa shape index (κ1) is 20.8. The number of hydrogen-bond acceptors (Lipinski definition) is 3. The Hall–Kier alpha value is -3.48. The topological polar surface area (TPSA) is 47.6 Å². The van der Waals surface area contributed by atoms with Crippen LogP contribution in [-0.2, 0) is 23.9 Å². The fourth-order valence-electron chi connectivity index (χ4n) is 3.31. The summed E-state index contributed by atoms with van der Waals surface area (Å²) >= 11 is 0. The van der Waals surface area contributed by atoms with Gasteiger partial charge in [0.05, 0.1) is 5.56 Å². The Morgan fingerprint density at radius 3 is 2.13 bits per heavy atom. The number of fused-ring (bicyclic) bond motifs is 1. The third kappa shape index (κ3) is 5.17. The minimum absolute atomic E-state index is 0.0653. The molecule has 0 aromatic heterocycles. The quantitative estimate of drug-likeness (QED) is 0.577. The van der Waals surface area contributed by atoms with Gasteiger partial charge in [-0.1, -0.05) is 42.5 Å². The van der Waals surface area contributed by atoms with Crippen LogP contribution < -0.4 is 14.8 Å². The Balaban J connectivity index is 1.27. The van der Waals surface area contributed by atoms with Gasteiger partial charge < -0.3 is 14.8 Å². The number of ether oxygens (including phenoxy) is 2. The Bertz CT molecular complexity index is 1060. The summed E-state index contributed by atoms with van der Waals surface area (Å²) < 4.78 is 48.7. The van der Waals surface area contributed by atoms with Gasteiger partial charge in [0.25, 0.3) is 0 Å². The highest BCUT2D eigenvalue weighted by Gasteiger charge is 2.29. The van der Waals surface area contributed by atoms with Crippen LogP contribution in [-0.4, -0.2) is 12.7 Å². The van der Waals surface area contributed by atoms with E-state index in [2.05, 4.69) is 5.32 Å². The van der Waals surface area contributed by atoms with E-state index in [1.165, 1.54) is 12.1 Å². The Kier molecular flexibility index (Phi) is 5.84. The van der Waals surface area contributed by atoms with E-state index in [4.69, 9.17) is 9.47 Å². The molecule has 0 unspecified atom stereocenters. The summed E-state index contributed by atoms with van der Waals surface area (Å²) in [5.41, 5.74) is 2.75. The smallest absolute Gasteiger partial charge is 0.416 e. The molecule has 7 heteroatoms. The summed E-state index contributed by atoms with van der Waals surface area (Å²) in [5, 5.41) is 2.88. The zero-order valence-electron chi connectivity index (χ0n) is 16.5. The molecule has 0 saturated carbocycles. The summed E-state index contributed by atoms with van der Waals surface area (Å²) in [5.74, 6) is 1.35. The normalized spacial score (nSPS) is 12.6. The highest BCUT2D eigenvalue weighted by atomic mass is 19.4. The average molecular weight is 427 g/mol. The van der Waals surface area contributed by atoms with E-state index in [1.54, 1.807) is 0 Å². The first-order valence-electron chi connectivity index (χ1n) is 9.80. The largest absolute Gasteiger partial charge is 0.454 e. The predicted octanol–water partition coefficient (Wildman–Crippen LogP) is 5.35. The summed E-state index contributed by atoms with van der Waals surface area (Å²) in [6, 6.07) is 18.1. The van der Waals surface area contributed by atoms with Gasteiger partial charge in [0, 0.05) is 13.0 Å². The molecule has 1 N–H and O–H groups in total. The number of carbonyl (C=O) groups is 1. The van der Waals surface area contributed by atoms with E-state index in [0.29, 0.717) is 36.4 Å². The van der Waals surface area contributed by atoms with E-state index < -0.39 is 11.7 Å². The number of nitrogens with one attached hydrogen (secondary N) is 1. The van der Waals surface area contributed by atoms with Crippen LogP contribution >= 0.6 is 0 Å². The molecule has 0 atom stereocenters. The lowest BCUT2D eigenvalue weighted by Crippen LogP contribution is -2.22. The van der Waals surface area contributed by atoms with Crippen molar-refractivity contribution >= 4 is 5.91 Å². The maximum atomic E-state index is 12.7. The monoisotopic (exact) mass is 427 g/mol. The lowest BCUT2D eigenvalue weighted by atomic mass is 10.0. The van der Waals surface area contributed by atoms with Crippen LogP contribution in [0.1, 0.15) is 23.1 Å². The van der Waals surface area contributed by atoms with Crippen LogP contribution in [0, 0.1) is 0 Å². The first-order valence-corrected chi connectivity index (χ1v) is 9.80. The zero-order valence-corrected chi connectivity index (χ0v) is 16.5. The molecule has 4 nitrogen and oxygen atoms in total. The maximum absolute atomic E-state index is 12.7. The molecular formula is C24H20F3NO3. The molecule has 0 radical (unpaired) electrons. The van der Waals surface area contributed by atoms with Gasteiger partial charge in [0.1, 0.15) is 0 Å². The Morgan fingerprint density at radius 1 is 0.839 bits per heavy atom. The van der Waals surface area contributed by atoms with E-state index in [1.807, 2.05) is 42.5 Å². The molecule has 0 saturated heterocycles. The number of hydrogen-bond donors (Lipinski definition) is 1. The van der Waals surface area contributed by atoms with Crippen LogP contribution in [0.4, 0.5) is 13.2 Å². The van der Waals surface area contributed by atoms with Gasteiger partial charge in [-0.15, -0.1) is 0 Å². The van der Waals surface area contributed by atoms with Crippen molar-refractivity contribution in [3.05, 3.63) is 83.4 Å². The number of amides is 1. The molecular weight excluding hydrogens is 407 g/mol.